The van der Waals surface area contributed by atoms with Gasteiger partial charge in [0.15, 0.2) is 11.0 Å². The van der Waals surface area contributed by atoms with Crippen LogP contribution >= 0.6 is 23.5 Å². The number of nitrogens with zero attached hydrogens (tertiary/aromatic N) is 3. The standard InChI is InChI=1S/C25H25N5OS2/c1-18-8-12-21(13-9-18)30-23(28-29-25(30)33-17-19-6-4-3-5-7-19)16-26-24(31)27-20-10-14-22(32-2)15-11-20/h3-15H,16-17H2,1-2H3,(H2,26,27,31). The van der Waals surface area contributed by atoms with Gasteiger partial charge >= 0.3 is 6.03 Å². The Morgan fingerprint density at radius 2 is 1.67 bits per heavy atom. The van der Waals surface area contributed by atoms with Crippen LogP contribution < -0.4 is 10.6 Å². The summed E-state index contributed by atoms with van der Waals surface area (Å²) in [6.45, 7) is 2.31. The number of hydrogen-bond acceptors (Lipinski definition) is 5. The molecule has 0 aliphatic rings. The van der Waals surface area contributed by atoms with Gasteiger partial charge in [0.1, 0.15) is 0 Å². The predicted octanol–water partition coefficient (Wildman–Crippen LogP) is 5.91. The summed E-state index contributed by atoms with van der Waals surface area (Å²) < 4.78 is 2.00. The number of anilines is 1. The molecule has 2 N–H and O–H groups in total. The van der Waals surface area contributed by atoms with E-state index in [9.17, 15) is 4.79 Å². The minimum absolute atomic E-state index is 0.251. The van der Waals surface area contributed by atoms with Gasteiger partial charge in [0, 0.05) is 22.0 Å². The van der Waals surface area contributed by atoms with Gasteiger partial charge in [-0.1, -0.05) is 59.8 Å². The highest BCUT2D eigenvalue weighted by atomic mass is 32.2. The molecule has 0 radical (unpaired) electrons. The Balaban J connectivity index is 1.48. The molecule has 0 aliphatic heterocycles. The number of nitrogens with one attached hydrogen (secondary N) is 2. The van der Waals surface area contributed by atoms with Crippen LogP contribution in [-0.2, 0) is 12.3 Å². The van der Waals surface area contributed by atoms with Crippen molar-refractivity contribution in [1.29, 1.82) is 0 Å². The smallest absolute Gasteiger partial charge is 0.319 e. The molecule has 168 valence electrons. The zero-order valence-electron chi connectivity index (χ0n) is 18.5. The Morgan fingerprint density at radius 3 is 2.36 bits per heavy atom. The third-order valence-corrected chi connectivity index (χ3v) is 6.70. The number of rotatable bonds is 8. The van der Waals surface area contributed by atoms with Crippen molar-refractivity contribution in [3.05, 3.63) is 95.8 Å². The molecule has 0 saturated carbocycles. The molecule has 0 fully saturated rings. The number of aromatic nitrogens is 3. The first kappa shape index (κ1) is 22.9. The molecule has 4 aromatic rings. The third kappa shape index (κ3) is 6.18. The fourth-order valence-electron chi connectivity index (χ4n) is 3.19. The zero-order valence-corrected chi connectivity index (χ0v) is 20.1. The molecule has 6 nitrogen and oxygen atoms in total. The van der Waals surface area contributed by atoms with Crippen LogP contribution in [-0.4, -0.2) is 27.1 Å². The molecule has 0 atom stereocenters. The number of carbonyl (C=O) groups excluding carboxylic acids is 1. The van der Waals surface area contributed by atoms with Crippen molar-refractivity contribution in [2.45, 2.75) is 29.3 Å². The first-order valence-electron chi connectivity index (χ1n) is 10.5. The van der Waals surface area contributed by atoms with Crippen molar-refractivity contribution in [2.75, 3.05) is 11.6 Å². The SMILES string of the molecule is CSc1ccc(NC(=O)NCc2nnc(SCc3ccccc3)n2-c2ccc(C)cc2)cc1. The van der Waals surface area contributed by atoms with E-state index >= 15 is 0 Å². The van der Waals surface area contributed by atoms with Crippen LogP contribution in [0.4, 0.5) is 10.5 Å². The van der Waals surface area contributed by atoms with E-state index in [1.54, 1.807) is 23.5 Å². The molecule has 4 rings (SSSR count). The fraction of sp³-hybridized carbons (Fsp3) is 0.160. The lowest BCUT2D eigenvalue weighted by Gasteiger charge is -2.12. The lowest BCUT2D eigenvalue weighted by atomic mass is 10.2. The van der Waals surface area contributed by atoms with Gasteiger partial charge in [0.2, 0.25) is 0 Å². The summed E-state index contributed by atoms with van der Waals surface area (Å²) >= 11 is 3.28. The summed E-state index contributed by atoms with van der Waals surface area (Å²) in [5.74, 6) is 1.45. The van der Waals surface area contributed by atoms with Gasteiger partial charge in [0.25, 0.3) is 0 Å². The van der Waals surface area contributed by atoms with Crippen molar-refractivity contribution in [1.82, 2.24) is 20.1 Å². The Hall–Kier alpha value is -3.23. The number of thioether (sulfide) groups is 2. The molecule has 1 aromatic heterocycles. The molecule has 2 amide bonds. The zero-order chi connectivity index (χ0) is 23.0. The van der Waals surface area contributed by atoms with Gasteiger partial charge in [0.05, 0.1) is 6.54 Å². The van der Waals surface area contributed by atoms with E-state index in [2.05, 4.69) is 52.0 Å². The van der Waals surface area contributed by atoms with E-state index in [1.807, 2.05) is 65.4 Å². The molecule has 0 unspecified atom stereocenters. The minimum Gasteiger partial charge on any atom is -0.331 e. The van der Waals surface area contributed by atoms with Crippen LogP contribution in [0.5, 0.6) is 0 Å². The Bertz CT molecular complexity index is 1190. The van der Waals surface area contributed by atoms with E-state index in [0.29, 0.717) is 5.82 Å². The van der Waals surface area contributed by atoms with Crippen LogP contribution in [0.25, 0.3) is 5.69 Å². The second-order valence-electron chi connectivity index (χ2n) is 7.38. The average molecular weight is 476 g/mol. The maximum absolute atomic E-state index is 12.5. The molecule has 0 spiro atoms. The van der Waals surface area contributed by atoms with Crippen molar-refractivity contribution in [3.8, 4) is 5.69 Å². The maximum Gasteiger partial charge on any atom is 0.319 e. The van der Waals surface area contributed by atoms with Gasteiger partial charge in [-0.25, -0.2) is 4.79 Å². The largest absolute Gasteiger partial charge is 0.331 e. The average Bonchev–Trinajstić information content (AvgIpc) is 3.26. The van der Waals surface area contributed by atoms with E-state index in [4.69, 9.17) is 0 Å². The highest BCUT2D eigenvalue weighted by Gasteiger charge is 2.15. The van der Waals surface area contributed by atoms with Gasteiger partial charge in [-0.15, -0.1) is 22.0 Å². The second kappa shape index (κ2) is 11.1. The molecule has 33 heavy (non-hydrogen) atoms. The molecule has 0 aliphatic carbocycles. The van der Waals surface area contributed by atoms with Crippen molar-refractivity contribution < 1.29 is 4.79 Å². The number of benzene rings is 3. The second-order valence-corrected chi connectivity index (χ2v) is 9.20. The Kier molecular flexibility index (Phi) is 7.70. The fourth-order valence-corrected chi connectivity index (χ4v) is 4.53. The van der Waals surface area contributed by atoms with Gasteiger partial charge in [-0.3, -0.25) is 4.57 Å². The predicted molar refractivity (Wildman–Crippen MR) is 136 cm³/mol. The first-order valence-corrected chi connectivity index (χ1v) is 12.7. The number of urea groups is 1. The molecule has 3 aromatic carbocycles. The molecular weight excluding hydrogens is 450 g/mol. The Morgan fingerprint density at radius 1 is 0.939 bits per heavy atom. The highest BCUT2D eigenvalue weighted by Crippen LogP contribution is 2.25. The van der Waals surface area contributed by atoms with Crippen LogP contribution in [0.1, 0.15) is 17.0 Å². The van der Waals surface area contributed by atoms with E-state index in [-0.39, 0.29) is 12.6 Å². The normalized spacial score (nSPS) is 10.7. The van der Waals surface area contributed by atoms with Gasteiger partial charge in [-0.05, 0) is 55.1 Å². The summed E-state index contributed by atoms with van der Waals surface area (Å²) in [5.41, 5.74) is 4.10. The van der Waals surface area contributed by atoms with Gasteiger partial charge < -0.3 is 10.6 Å². The van der Waals surface area contributed by atoms with Crippen LogP contribution in [0.15, 0.2) is 88.9 Å². The maximum atomic E-state index is 12.5. The number of aryl methyl sites for hydroxylation is 1. The van der Waals surface area contributed by atoms with E-state index < -0.39 is 0 Å². The van der Waals surface area contributed by atoms with Crippen LogP contribution in [0.3, 0.4) is 0 Å². The lowest BCUT2D eigenvalue weighted by molar-refractivity contribution is 0.251. The summed E-state index contributed by atoms with van der Waals surface area (Å²) in [6, 6.07) is 25.9. The molecule has 1 heterocycles. The Labute approximate surface area is 202 Å². The summed E-state index contributed by atoms with van der Waals surface area (Å²) in [4.78, 5) is 13.6. The molecule has 0 bridgehead atoms. The molecule has 8 heteroatoms. The van der Waals surface area contributed by atoms with Gasteiger partial charge in [-0.2, -0.15) is 0 Å². The van der Waals surface area contributed by atoms with Crippen LogP contribution in [0.2, 0.25) is 0 Å². The number of carbonyl (C=O) groups is 1. The molecule has 0 saturated heterocycles. The van der Waals surface area contributed by atoms with Crippen molar-refractivity contribution in [3.63, 3.8) is 0 Å². The topological polar surface area (TPSA) is 71.8 Å². The summed E-state index contributed by atoms with van der Waals surface area (Å²) in [5, 5.41) is 15.3. The van der Waals surface area contributed by atoms with Crippen LogP contribution in [0, 0.1) is 6.92 Å². The molecular formula is C25H25N5OS2. The summed E-state index contributed by atoms with van der Waals surface area (Å²) in [6.07, 6.45) is 2.02. The highest BCUT2D eigenvalue weighted by molar-refractivity contribution is 7.98. The quantitative estimate of drug-likeness (QED) is 0.310. The number of amides is 2. The first-order chi connectivity index (χ1) is 16.1. The third-order valence-electron chi connectivity index (χ3n) is 4.96. The van der Waals surface area contributed by atoms with E-state index in [0.717, 1.165) is 27.2 Å². The minimum atomic E-state index is -0.288. The summed E-state index contributed by atoms with van der Waals surface area (Å²) in [7, 11) is 0. The van der Waals surface area contributed by atoms with Crippen molar-refractivity contribution >= 4 is 35.2 Å². The lowest BCUT2D eigenvalue weighted by Crippen LogP contribution is -2.29. The number of hydrogen-bond donors (Lipinski definition) is 2. The monoisotopic (exact) mass is 475 g/mol. The van der Waals surface area contributed by atoms with Crippen molar-refractivity contribution in [2.24, 2.45) is 0 Å². The van der Waals surface area contributed by atoms with E-state index in [1.165, 1.54) is 11.1 Å².